The van der Waals surface area contributed by atoms with Crippen LogP contribution < -0.4 is 5.32 Å². The Hall–Kier alpha value is -1.31. The van der Waals surface area contributed by atoms with Crippen molar-refractivity contribution in [3.8, 4) is 0 Å². The van der Waals surface area contributed by atoms with Gasteiger partial charge in [-0.25, -0.2) is 0 Å². The molecule has 2 nitrogen and oxygen atoms in total. The number of hydrogen-bond acceptors (Lipinski definition) is 1. The van der Waals surface area contributed by atoms with Crippen LogP contribution >= 0.6 is 0 Å². The van der Waals surface area contributed by atoms with Crippen LogP contribution in [0, 0.1) is 11.8 Å². The molecule has 1 saturated carbocycles. The molecule has 3 atom stereocenters. The van der Waals surface area contributed by atoms with Gasteiger partial charge in [-0.1, -0.05) is 44.9 Å². The van der Waals surface area contributed by atoms with Crippen LogP contribution in [0.2, 0.25) is 0 Å². The third-order valence-corrected chi connectivity index (χ3v) is 4.06. The number of carbonyl (C=O) groups is 1. The highest BCUT2D eigenvalue weighted by molar-refractivity contribution is 5.94. The fourth-order valence-electron chi connectivity index (χ4n) is 2.63. The minimum absolute atomic E-state index is 0.0663. The Kier molecular flexibility index (Phi) is 3.82. The molecule has 1 aromatic carbocycles. The summed E-state index contributed by atoms with van der Waals surface area (Å²) in [5.41, 5.74) is 0.762. The van der Waals surface area contributed by atoms with E-state index in [1.807, 2.05) is 30.3 Å². The highest BCUT2D eigenvalue weighted by Crippen LogP contribution is 2.29. The lowest BCUT2D eigenvalue weighted by Crippen LogP contribution is -2.43. The maximum atomic E-state index is 12.1. The highest BCUT2D eigenvalue weighted by atomic mass is 16.1. The minimum Gasteiger partial charge on any atom is -0.349 e. The molecule has 1 aromatic rings. The molecule has 0 spiro atoms. The average molecular weight is 231 g/mol. The van der Waals surface area contributed by atoms with Gasteiger partial charge in [-0.2, -0.15) is 0 Å². The summed E-state index contributed by atoms with van der Waals surface area (Å²) in [6.45, 7) is 4.53. The molecular formula is C15H21NO. The number of rotatable bonds is 2. The second kappa shape index (κ2) is 5.35. The van der Waals surface area contributed by atoms with E-state index in [1.54, 1.807) is 0 Å². The number of carbonyl (C=O) groups excluding carboxylic acids is 1. The second-order valence-electron chi connectivity index (χ2n) is 5.21. The largest absolute Gasteiger partial charge is 0.349 e. The lowest BCUT2D eigenvalue weighted by Gasteiger charge is -2.34. The van der Waals surface area contributed by atoms with Crippen molar-refractivity contribution in [1.82, 2.24) is 5.32 Å². The van der Waals surface area contributed by atoms with E-state index in [-0.39, 0.29) is 5.91 Å². The van der Waals surface area contributed by atoms with Crippen molar-refractivity contribution < 1.29 is 4.79 Å². The molecular weight excluding hydrogens is 210 g/mol. The molecule has 0 unspecified atom stereocenters. The van der Waals surface area contributed by atoms with Crippen molar-refractivity contribution in [2.75, 3.05) is 0 Å². The fourth-order valence-corrected chi connectivity index (χ4v) is 2.63. The van der Waals surface area contributed by atoms with Crippen LogP contribution in [-0.2, 0) is 0 Å². The van der Waals surface area contributed by atoms with Gasteiger partial charge in [-0.15, -0.1) is 0 Å². The standard InChI is InChI=1S/C15H21NO/c1-11-7-6-10-14(12(11)2)16-15(17)13-8-4-3-5-9-13/h3-5,8-9,11-12,14H,6-7,10H2,1-2H3,(H,16,17)/t11-,12+,14+/m1/s1. The van der Waals surface area contributed by atoms with E-state index in [0.29, 0.717) is 17.9 Å². The molecule has 2 rings (SSSR count). The van der Waals surface area contributed by atoms with Crippen LogP contribution in [0.1, 0.15) is 43.5 Å². The topological polar surface area (TPSA) is 29.1 Å². The molecule has 1 aliphatic rings. The molecule has 1 N–H and O–H groups in total. The molecule has 0 radical (unpaired) electrons. The Morgan fingerprint density at radius 1 is 1.18 bits per heavy atom. The molecule has 1 amide bonds. The Morgan fingerprint density at radius 2 is 1.88 bits per heavy atom. The first-order valence-electron chi connectivity index (χ1n) is 6.54. The van der Waals surface area contributed by atoms with E-state index >= 15 is 0 Å². The molecule has 92 valence electrons. The molecule has 17 heavy (non-hydrogen) atoms. The molecule has 0 bridgehead atoms. The van der Waals surface area contributed by atoms with Gasteiger partial charge in [-0.3, -0.25) is 4.79 Å². The zero-order valence-electron chi connectivity index (χ0n) is 10.6. The summed E-state index contributed by atoms with van der Waals surface area (Å²) in [4.78, 5) is 12.1. The normalized spacial score (nSPS) is 28.7. The van der Waals surface area contributed by atoms with Crippen LogP contribution in [0.3, 0.4) is 0 Å². The fraction of sp³-hybridized carbons (Fsp3) is 0.533. The maximum Gasteiger partial charge on any atom is 0.251 e. The first kappa shape index (κ1) is 12.2. The smallest absolute Gasteiger partial charge is 0.251 e. The summed E-state index contributed by atoms with van der Waals surface area (Å²) in [6.07, 6.45) is 3.63. The van der Waals surface area contributed by atoms with Crippen LogP contribution in [-0.4, -0.2) is 11.9 Å². The predicted molar refractivity (Wildman–Crippen MR) is 69.9 cm³/mol. The van der Waals surface area contributed by atoms with E-state index in [9.17, 15) is 4.79 Å². The van der Waals surface area contributed by atoms with E-state index in [4.69, 9.17) is 0 Å². The van der Waals surface area contributed by atoms with E-state index < -0.39 is 0 Å². The Morgan fingerprint density at radius 3 is 2.59 bits per heavy atom. The molecule has 2 heteroatoms. The minimum atomic E-state index is 0.0663. The Labute approximate surface area is 103 Å². The highest BCUT2D eigenvalue weighted by Gasteiger charge is 2.28. The van der Waals surface area contributed by atoms with Crippen LogP contribution in [0.25, 0.3) is 0 Å². The second-order valence-corrected chi connectivity index (χ2v) is 5.21. The van der Waals surface area contributed by atoms with Crippen molar-refractivity contribution in [1.29, 1.82) is 0 Å². The average Bonchev–Trinajstić information content (AvgIpc) is 2.36. The number of nitrogens with one attached hydrogen (secondary N) is 1. The first-order valence-corrected chi connectivity index (χ1v) is 6.54. The van der Waals surface area contributed by atoms with E-state index in [1.165, 1.54) is 12.8 Å². The maximum absolute atomic E-state index is 12.1. The van der Waals surface area contributed by atoms with Crippen LogP contribution in [0.4, 0.5) is 0 Å². The summed E-state index contributed by atoms with van der Waals surface area (Å²) >= 11 is 0. The molecule has 0 aromatic heterocycles. The van der Waals surface area contributed by atoms with Gasteiger partial charge in [0.05, 0.1) is 0 Å². The zero-order chi connectivity index (χ0) is 12.3. The molecule has 1 fully saturated rings. The lowest BCUT2D eigenvalue weighted by atomic mass is 9.78. The number of benzene rings is 1. The van der Waals surface area contributed by atoms with Gasteiger partial charge in [0.25, 0.3) is 5.91 Å². The van der Waals surface area contributed by atoms with Crippen molar-refractivity contribution >= 4 is 5.91 Å². The summed E-state index contributed by atoms with van der Waals surface area (Å²) in [5, 5.41) is 3.18. The van der Waals surface area contributed by atoms with E-state index in [2.05, 4.69) is 19.2 Å². The van der Waals surface area contributed by atoms with Gasteiger partial charge in [0.2, 0.25) is 0 Å². The first-order chi connectivity index (χ1) is 8.18. The van der Waals surface area contributed by atoms with Crippen LogP contribution in [0.15, 0.2) is 30.3 Å². The third kappa shape index (κ3) is 2.87. The molecule has 0 aliphatic heterocycles. The molecule has 1 aliphatic carbocycles. The third-order valence-electron chi connectivity index (χ3n) is 4.06. The summed E-state index contributed by atoms with van der Waals surface area (Å²) in [6, 6.07) is 9.82. The van der Waals surface area contributed by atoms with Gasteiger partial charge in [0.1, 0.15) is 0 Å². The summed E-state index contributed by atoms with van der Waals surface area (Å²) in [5.74, 6) is 1.36. The van der Waals surface area contributed by atoms with Gasteiger partial charge in [-0.05, 0) is 30.4 Å². The predicted octanol–water partition coefficient (Wildman–Crippen LogP) is 3.24. The zero-order valence-corrected chi connectivity index (χ0v) is 10.6. The summed E-state index contributed by atoms with van der Waals surface area (Å²) < 4.78 is 0. The van der Waals surface area contributed by atoms with Gasteiger partial charge in [0.15, 0.2) is 0 Å². The van der Waals surface area contributed by atoms with Crippen molar-refractivity contribution in [2.45, 2.75) is 39.2 Å². The molecule has 0 saturated heterocycles. The van der Waals surface area contributed by atoms with Crippen LogP contribution in [0.5, 0.6) is 0 Å². The Bertz CT molecular complexity index is 374. The Balaban J connectivity index is 1.99. The number of hydrogen-bond donors (Lipinski definition) is 1. The summed E-state index contributed by atoms with van der Waals surface area (Å²) in [7, 11) is 0. The van der Waals surface area contributed by atoms with E-state index in [0.717, 1.165) is 12.0 Å². The van der Waals surface area contributed by atoms with Gasteiger partial charge >= 0.3 is 0 Å². The van der Waals surface area contributed by atoms with Gasteiger partial charge in [0, 0.05) is 11.6 Å². The SMILES string of the molecule is C[C@H]1[C@H](C)CCC[C@@H]1NC(=O)c1ccccc1. The lowest BCUT2D eigenvalue weighted by molar-refractivity contribution is 0.0891. The van der Waals surface area contributed by atoms with Crippen molar-refractivity contribution in [3.05, 3.63) is 35.9 Å². The molecule has 0 heterocycles. The number of amides is 1. The quantitative estimate of drug-likeness (QED) is 0.831. The monoisotopic (exact) mass is 231 g/mol. The van der Waals surface area contributed by atoms with Crippen molar-refractivity contribution in [3.63, 3.8) is 0 Å². The van der Waals surface area contributed by atoms with Crippen molar-refractivity contribution in [2.24, 2.45) is 11.8 Å². The van der Waals surface area contributed by atoms with Gasteiger partial charge < -0.3 is 5.32 Å².